The summed E-state index contributed by atoms with van der Waals surface area (Å²) in [6.45, 7) is 12.7. The molecular weight excluding hydrogens is 458 g/mol. The van der Waals surface area contributed by atoms with E-state index in [-0.39, 0.29) is 24.9 Å². The van der Waals surface area contributed by atoms with Crippen molar-refractivity contribution in [3.05, 3.63) is 65.4 Å². The van der Waals surface area contributed by atoms with E-state index in [4.69, 9.17) is 4.74 Å². The SMILES string of the molecule is CCCCCOC(=O)Cn1cc(CCN2CCN(c3cccc(C)c3C)CC2)c2ccccc21.Cl. The first-order valence-electron chi connectivity index (χ1n) is 12.8. The molecule has 0 radical (unpaired) electrons. The van der Waals surface area contributed by atoms with Gasteiger partial charge in [-0.2, -0.15) is 0 Å². The molecule has 1 aliphatic rings. The van der Waals surface area contributed by atoms with Gasteiger partial charge in [0.15, 0.2) is 0 Å². The summed E-state index contributed by atoms with van der Waals surface area (Å²) in [6.07, 6.45) is 6.32. The smallest absolute Gasteiger partial charge is 0.325 e. The van der Waals surface area contributed by atoms with Crippen LogP contribution in [0.15, 0.2) is 48.7 Å². The Bertz CT molecular complexity index is 1100. The molecule has 0 saturated carbocycles. The molecular formula is C29H40ClN3O2. The summed E-state index contributed by atoms with van der Waals surface area (Å²) in [7, 11) is 0. The van der Waals surface area contributed by atoms with Crippen molar-refractivity contribution in [1.29, 1.82) is 0 Å². The van der Waals surface area contributed by atoms with E-state index in [1.807, 2.05) is 6.07 Å². The van der Waals surface area contributed by atoms with Gasteiger partial charge in [0.2, 0.25) is 0 Å². The Balaban J connectivity index is 0.00000342. The molecule has 6 heteroatoms. The quantitative estimate of drug-likeness (QED) is 0.263. The van der Waals surface area contributed by atoms with Gasteiger partial charge in [-0.05, 0) is 55.5 Å². The number of halogens is 1. The number of piperazine rings is 1. The Morgan fingerprint density at radius 3 is 2.51 bits per heavy atom. The van der Waals surface area contributed by atoms with E-state index in [2.05, 4.69) is 77.7 Å². The van der Waals surface area contributed by atoms with E-state index in [0.29, 0.717) is 6.61 Å². The Morgan fingerprint density at radius 1 is 0.971 bits per heavy atom. The standard InChI is InChI=1S/C29H39N3O2.ClH/c1-4-5-8-20-34-29(33)22-32-21-25(26-11-6-7-12-28(26)32)14-15-30-16-18-31(19-17-30)27-13-9-10-23(2)24(27)3;/h6-7,9-13,21H,4-5,8,14-20,22H2,1-3H3;1H. The highest BCUT2D eigenvalue weighted by Gasteiger charge is 2.19. The highest BCUT2D eigenvalue weighted by Crippen LogP contribution is 2.25. The predicted octanol–water partition coefficient (Wildman–Crippen LogP) is 5.78. The Morgan fingerprint density at radius 2 is 1.74 bits per heavy atom. The van der Waals surface area contributed by atoms with Crippen LogP contribution in [0.4, 0.5) is 5.69 Å². The number of unbranched alkanes of at least 4 members (excludes halogenated alkanes) is 2. The van der Waals surface area contributed by atoms with E-state index >= 15 is 0 Å². The van der Waals surface area contributed by atoms with Crippen LogP contribution in [0.3, 0.4) is 0 Å². The van der Waals surface area contributed by atoms with Crippen molar-refractivity contribution in [2.75, 3.05) is 44.2 Å². The summed E-state index contributed by atoms with van der Waals surface area (Å²) in [5, 5.41) is 1.25. The molecule has 0 aliphatic carbocycles. The minimum Gasteiger partial charge on any atom is -0.464 e. The number of aromatic nitrogens is 1. The molecule has 0 bridgehead atoms. The summed E-state index contributed by atoms with van der Waals surface area (Å²) in [4.78, 5) is 17.5. The summed E-state index contributed by atoms with van der Waals surface area (Å²) in [5.41, 5.74) is 6.56. The highest BCUT2D eigenvalue weighted by molar-refractivity contribution is 5.86. The van der Waals surface area contributed by atoms with Crippen molar-refractivity contribution in [3.8, 4) is 0 Å². The molecule has 3 aromatic rings. The number of aryl methyl sites for hydroxylation is 1. The zero-order valence-electron chi connectivity index (χ0n) is 21.5. The maximum absolute atomic E-state index is 12.4. The van der Waals surface area contributed by atoms with Crippen LogP contribution in [0.5, 0.6) is 0 Å². The number of hydrogen-bond donors (Lipinski definition) is 0. The Kier molecular flexibility index (Phi) is 10.1. The molecule has 4 rings (SSSR count). The second-order valence-electron chi connectivity index (χ2n) is 9.52. The van der Waals surface area contributed by atoms with E-state index in [9.17, 15) is 4.79 Å². The average Bonchev–Trinajstić information content (AvgIpc) is 3.20. The number of rotatable bonds is 10. The van der Waals surface area contributed by atoms with Crippen LogP contribution in [0, 0.1) is 13.8 Å². The van der Waals surface area contributed by atoms with Crippen LogP contribution < -0.4 is 4.90 Å². The van der Waals surface area contributed by atoms with Crippen LogP contribution in [0.25, 0.3) is 10.9 Å². The fraction of sp³-hybridized carbons (Fsp3) is 0.483. The lowest BCUT2D eigenvalue weighted by molar-refractivity contribution is -0.144. The molecule has 1 fully saturated rings. The average molecular weight is 498 g/mol. The third-order valence-corrected chi connectivity index (χ3v) is 7.17. The summed E-state index contributed by atoms with van der Waals surface area (Å²) >= 11 is 0. The summed E-state index contributed by atoms with van der Waals surface area (Å²) < 4.78 is 7.51. The lowest BCUT2D eigenvalue weighted by atomic mass is 10.1. The monoisotopic (exact) mass is 497 g/mol. The third-order valence-electron chi connectivity index (χ3n) is 7.17. The van der Waals surface area contributed by atoms with Gasteiger partial charge >= 0.3 is 5.97 Å². The van der Waals surface area contributed by atoms with Crippen LogP contribution in [-0.4, -0.2) is 54.8 Å². The fourth-order valence-corrected chi connectivity index (χ4v) is 4.94. The predicted molar refractivity (Wildman–Crippen MR) is 148 cm³/mol. The van der Waals surface area contributed by atoms with Gasteiger partial charge in [-0.25, -0.2) is 0 Å². The Hall–Kier alpha value is -2.50. The largest absolute Gasteiger partial charge is 0.464 e. The minimum atomic E-state index is -0.147. The lowest BCUT2D eigenvalue weighted by Crippen LogP contribution is -2.47. The van der Waals surface area contributed by atoms with Crippen LogP contribution >= 0.6 is 12.4 Å². The number of esters is 1. The van der Waals surface area contributed by atoms with Gasteiger partial charge in [-0.15, -0.1) is 12.4 Å². The first kappa shape index (κ1) is 27.1. The van der Waals surface area contributed by atoms with Crippen LogP contribution in [0.1, 0.15) is 42.9 Å². The number of para-hydroxylation sites is 1. The van der Waals surface area contributed by atoms with Gasteiger partial charge in [0.05, 0.1) is 6.61 Å². The molecule has 35 heavy (non-hydrogen) atoms. The number of hydrogen-bond acceptors (Lipinski definition) is 4. The van der Waals surface area contributed by atoms with Gasteiger partial charge in [0.1, 0.15) is 6.54 Å². The molecule has 0 unspecified atom stereocenters. The van der Waals surface area contributed by atoms with Crippen molar-refractivity contribution in [2.24, 2.45) is 0 Å². The maximum Gasteiger partial charge on any atom is 0.325 e. The number of fused-ring (bicyclic) bond motifs is 1. The maximum atomic E-state index is 12.4. The molecule has 2 heterocycles. The van der Waals surface area contributed by atoms with Crippen molar-refractivity contribution >= 4 is 35.0 Å². The molecule has 1 saturated heterocycles. The van der Waals surface area contributed by atoms with E-state index in [1.165, 1.54) is 27.8 Å². The fourth-order valence-electron chi connectivity index (χ4n) is 4.94. The number of ether oxygens (including phenoxy) is 1. The van der Waals surface area contributed by atoms with Crippen LogP contribution in [0.2, 0.25) is 0 Å². The topological polar surface area (TPSA) is 37.7 Å². The molecule has 0 N–H and O–H groups in total. The molecule has 2 aromatic carbocycles. The first-order chi connectivity index (χ1) is 16.6. The normalized spacial score (nSPS) is 14.2. The number of nitrogens with zero attached hydrogens (tertiary/aromatic N) is 3. The van der Waals surface area contributed by atoms with Gasteiger partial charge < -0.3 is 14.2 Å². The van der Waals surface area contributed by atoms with Gasteiger partial charge in [0, 0.05) is 55.5 Å². The molecule has 190 valence electrons. The molecule has 1 aliphatic heterocycles. The second kappa shape index (κ2) is 13.0. The van der Waals surface area contributed by atoms with Crippen molar-refractivity contribution in [1.82, 2.24) is 9.47 Å². The van der Waals surface area contributed by atoms with E-state index in [1.54, 1.807) is 0 Å². The molecule has 0 atom stereocenters. The minimum absolute atomic E-state index is 0. The zero-order chi connectivity index (χ0) is 23.9. The van der Waals surface area contributed by atoms with E-state index in [0.717, 1.165) is 63.9 Å². The zero-order valence-corrected chi connectivity index (χ0v) is 22.3. The molecule has 1 aromatic heterocycles. The third kappa shape index (κ3) is 6.80. The second-order valence-corrected chi connectivity index (χ2v) is 9.52. The van der Waals surface area contributed by atoms with Crippen molar-refractivity contribution in [3.63, 3.8) is 0 Å². The van der Waals surface area contributed by atoms with Gasteiger partial charge in [-0.3, -0.25) is 9.69 Å². The molecule has 5 nitrogen and oxygen atoms in total. The lowest BCUT2D eigenvalue weighted by Gasteiger charge is -2.37. The van der Waals surface area contributed by atoms with Crippen molar-refractivity contribution < 1.29 is 9.53 Å². The molecule has 0 amide bonds. The van der Waals surface area contributed by atoms with Gasteiger partial charge in [0.25, 0.3) is 0 Å². The summed E-state index contributed by atoms with van der Waals surface area (Å²) in [6, 6.07) is 15.0. The molecule has 0 spiro atoms. The summed E-state index contributed by atoms with van der Waals surface area (Å²) in [5.74, 6) is -0.147. The van der Waals surface area contributed by atoms with Crippen molar-refractivity contribution in [2.45, 2.75) is 53.0 Å². The van der Waals surface area contributed by atoms with Gasteiger partial charge in [-0.1, -0.05) is 50.1 Å². The number of carbonyl (C=O) groups excluding carboxylic acids is 1. The first-order valence-corrected chi connectivity index (χ1v) is 12.8. The number of anilines is 1. The number of benzene rings is 2. The highest BCUT2D eigenvalue weighted by atomic mass is 35.5. The number of carbonyl (C=O) groups is 1. The Labute approximate surface area is 216 Å². The van der Waals surface area contributed by atoms with E-state index < -0.39 is 0 Å². The van der Waals surface area contributed by atoms with Crippen LogP contribution in [-0.2, 0) is 22.5 Å².